The zero-order valence-electron chi connectivity index (χ0n) is 10.7. The lowest BCUT2D eigenvalue weighted by Crippen LogP contribution is -2.35. The van der Waals surface area contributed by atoms with Crippen LogP contribution in [0.2, 0.25) is 0 Å². The first-order valence-corrected chi connectivity index (χ1v) is 6.25. The highest BCUT2D eigenvalue weighted by molar-refractivity contribution is 6.04. The minimum atomic E-state index is -0.367. The van der Waals surface area contributed by atoms with Crippen LogP contribution in [0.15, 0.2) is 30.3 Å². The zero-order chi connectivity index (χ0) is 13.1. The van der Waals surface area contributed by atoms with Gasteiger partial charge < -0.3 is 5.32 Å². The summed E-state index contributed by atoms with van der Waals surface area (Å²) in [5, 5.41) is 2.73. The van der Waals surface area contributed by atoms with Crippen molar-refractivity contribution in [2.45, 2.75) is 26.3 Å². The number of nitrogens with zero attached hydrogens (tertiary/aromatic N) is 1. The Morgan fingerprint density at radius 2 is 1.89 bits per heavy atom. The second-order valence-electron chi connectivity index (χ2n) is 4.90. The van der Waals surface area contributed by atoms with Gasteiger partial charge in [0.05, 0.1) is 0 Å². The van der Waals surface area contributed by atoms with E-state index in [-0.39, 0.29) is 23.9 Å². The largest absolute Gasteiger partial charge is 0.326 e. The monoisotopic (exact) mass is 246 g/mol. The van der Waals surface area contributed by atoms with Crippen LogP contribution in [0.25, 0.3) is 0 Å². The van der Waals surface area contributed by atoms with Crippen LogP contribution in [-0.4, -0.2) is 29.4 Å². The number of benzene rings is 1. The number of imide groups is 1. The zero-order valence-corrected chi connectivity index (χ0v) is 10.7. The van der Waals surface area contributed by atoms with E-state index in [0.717, 1.165) is 5.56 Å². The molecule has 1 unspecified atom stereocenters. The van der Waals surface area contributed by atoms with Crippen LogP contribution in [0.3, 0.4) is 0 Å². The van der Waals surface area contributed by atoms with Gasteiger partial charge >= 0.3 is 6.03 Å². The minimum absolute atomic E-state index is 0.106. The van der Waals surface area contributed by atoms with Crippen molar-refractivity contribution < 1.29 is 9.59 Å². The molecule has 4 heteroatoms. The number of carbonyl (C=O) groups excluding carboxylic acids is 2. The molecule has 1 fully saturated rings. The van der Waals surface area contributed by atoms with Crippen LogP contribution < -0.4 is 5.32 Å². The summed E-state index contributed by atoms with van der Waals surface area (Å²) in [7, 11) is 0. The molecule has 1 aromatic carbocycles. The predicted octanol–water partition coefficient (Wildman–Crippen LogP) is 1.81. The summed E-state index contributed by atoms with van der Waals surface area (Å²) in [6.45, 7) is 4.31. The van der Waals surface area contributed by atoms with E-state index in [4.69, 9.17) is 0 Å². The third-order valence-corrected chi connectivity index (χ3v) is 3.19. The Bertz CT molecular complexity index is 442. The Balaban J connectivity index is 1.98. The molecule has 0 saturated carbocycles. The number of amides is 3. The maximum absolute atomic E-state index is 12.0. The molecule has 18 heavy (non-hydrogen) atoms. The van der Waals surface area contributed by atoms with Crippen molar-refractivity contribution in [3.8, 4) is 0 Å². The van der Waals surface area contributed by atoms with Crippen molar-refractivity contribution in [1.29, 1.82) is 0 Å². The molecule has 0 bridgehead atoms. The number of carbonyl (C=O) groups is 2. The molecule has 2 rings (SSSR count). The highest BCUT2D eigenvalue weighted by Crippen LogP contribution is 2.14. The second kappa shape index (κ2) is 5.21. The van der Waals surface area contributed by atoms with Crippen LogP contribution in [0.5, 0.6) is 0 Å². The lowest BCUT2D eigenvalue weighted by Gasteiger charge is -2.14. The molecule has 1 atom stereocenters. The van der Waals surface area contributed by atoms with Crippen molar-refractivity contribution in [1.82, 2.24) is 10.2 Å². The van der Waals surface area contributed by atoms with Crippen LogP contribution in [0.4, 0.5) is 4.79 Å². The highest BCUT2D eigenvalue weighted by atomic mass is 16.2. The van der Waals surface area contributed by atoms with Gasteiger partial charge in [-0.25, -0.2) is 4.79 Å². The summed E-state index contributed by atoms with van der Waals surface area (Å²) in [5.41, 5.74) is 1.13. The smallest absolute Gasteiger partial charge is 0.324 e. The van der Waals surface area contributed by atoms with E-state index >= 15 is 0 Å². The van der Waals surface area contributed by atoms with Gasteiger partial charge in [0.25, 0.3) is 5.91 Å². The van der Waals surface area contributed by atoms with Crippen molar-refractivity contribution in [3.63, 3.8) is 0 Å². The molecule has 1 aliphatic heterocycles. The van der Waals surface area contributed by atoms with Gasteiger partial charge in [0, 0.05) is 6.54 Å². The Labute approximate surface area is 107 Å². The molecule has 0 aromatic heterocycles. The number of hydrogen-bond donors (Lipinski definition) is 1. The first kappa shape index (κ1) is 12.6. The molecule has 1 aliphatic rings. The van der Waals surface area contributed by atoms with E-state index in [1.807, 2.05) is 44.2 Å². The van der Waals surface area contributed by atoms with Gasteiger partial charge in [-0.2, -0.15) is 0 Å². The van der Waals surface area contributed by atoms with E-state index in [2.05, 4.69) is 5.32 Å². The summed E-state index contributed by atoms with van der Waals surface area (Å²) in [4.78, 5) is 25.1. The normalized spacial score (nSPS) is 19.5. The average Bonchev–Trinajstić information content (AvgIpc) is 2.64. The molecule has 1 saturated heterocycles. The molecule has 1 N–H and O–H groups in total. The third kappa shape index (κ3) is 2.53. The molecule has 96 valence electrons. The summed E-state index contributed by atoms with van der Waals surface area (Å²) in [5.74, 6) is 0.0223. The topological polar surface area (TPSA) is 49.4 Å². The molecular weight excluding hydrogens is 228 g/mol. The summed E-state index contributed by atoms with van der Waals surface area (Å²) < 4.78 is 0. The number of nitrogens with one attached hydrogen (secondary N) is 1. The fraction of sp³-hybridized carbons (Fsp3) is 0.429. The van der Waals surface area contributed by atoms with Crippen LogP contribution >= 0.6 is 0 Å². The Morgan fingerprint density at radius 1 is 1.22 bits per heavy atom. The lowest BCUT2D eigenvalue weighted by molar-refractivity contribution is -0.128. The Morgan fingerprint density at radius 3 is 2.44 bits per heavy atom. The first-order chi connectivity index (χ1) is 8.59. The van der Waals surface area contributed by atoms with Crippen molar-refractivity contribution in [3.05, 3.63) is 35.9 Å². The van der Waals surface area contributed by atoms with Crippen LogP contribution in [-0.2, 0) is 11.2 Å². The van der Waals surface area contributed by atoms with Gasteiger partial charge in [-0.15, -0.1) is 0 Å². The number of hydrogen-bond acceptors (Lipinski definition) is 2. The predicted molar refractivity (Wildman–Crippen MR) is 69.0 cm³/mol. The van der Waals surface area contributed by atoms with Gasteiger partial charge in [0.1, 0.15) is 6.04 Å². The molecule has 3 amide bonds. The molecule has 0 spiro atoms. The Kier molecular flexibility index (Phi) is 3.65. The average molecular weight is 246 g/mol. The van der Waals surface area contributed by atoms with E-state index in [9.17, 15) is 9.59 Å². The second-order valence-corrected chi connectivity index (χ2v) is 4.90. The summed E-state index contributed by atoms with van der Waals surface area (Å²) >= 11 is 0. The van der Waals surface area contributed by atoms with E-state index in [0.29, 0.717) is 13.0 Å². The fourth-order valence-electron chi connectivity index (χ4n) is 2.09. The third-order valence-electron chi connectivity index (χ3n) is 3.19. The van der Waals surface area contributed by atoms with Crippen LogP contribution in [0, 0.1) is 5.92 Å². The molecule has 1 aromatic rings. The van der Waals surface area contributed by atoms with Crippen molar-refractivity contribution >= 4 is 11.9 Å². The first-order valence-electron chi connectivity index (χ1n) is 6.25. The van der Waals surface area contributed by atoms with Crippen LogP contribution in [0.1, 0.15) is 19.4 Å². The SMILES string of the molecule is CC(C)C1NC(=O)N(CCc2ccccc2)C1=O. The van der Waals surface area contributed by atoms with Gasteiger partial charge in [0.2, 0.25) is 0 Å². The van der Waals surface area contributed by atoms with Gasteiger partial charge in [-0.3, -0.25) is 9.69 Å². The number of urea groups is 1. The minimum Gasteiger partial charge on any atom is -0.326 e. The summed E-state index contributed by atoms with van der Waals surface area (Å²) in [6.07, 6.45) is 0.699. The molecule has 1 heterocycles. The lowest BCUT2D eigenvalue weighted by atomic mass is 10.0. The van der Waals surface area contributed by atoms with Gasteiger partial charge in [-0.05, 0) is 17.9 Å². The van der Waals surface area contributed by atoms with Crippen molar-refractivity contribution in [2.75, 3.05) is 6.54 Å². The Hall–Kier alpha value is -1.84. The summed E-state index contributed by atoms with van der Waals surface area (Å²) in [6, 6.07) is 9.22. The van der Waals surface area contributed by atoms with Crippen molar-refractivity contribution in [2.24, 2.45) is 5.92 Å². The quantitative estimate of drug-likeness (QED) is 0.824. The maximum Gasteiger partial charge on any atom is 0.324 e. The fourth-order valence-corrected chi connectivity index (χ4v) is 2.09. The highest BCUT2D eigenvalue weighted by Gasteiger charge is 2.38. The van der Waals surface area contributed by atoms with E-state index in [1.165, 1.54) is 4.90 Å². The number of rotatable bonds is 4. The molecule has 0 aliphatic carbocycles. The van der Waals surface area contributed by atoms with E-state index < -0.39 is 0 Å². The molecule has 4 nitrogen and oxygen atoms in total. The molecular formula is C14H18N2O2. The van der Waals surface area contributed by atoms with E-state index in [1.54, 1.807) is 0 Å². The standard InChI is InChI=1S/C14H18N2O2/c1-10(2)12-13(17)16(14(18)15-12)9-8-11-6-4-3-5-7-11/h3-7,10,12H,8-9H2,1-2H3,(H,15,18). The van der Waals surface area contributed by atoms with Gasteiger partial charge in [0.15, 0.2) is 0 Å². The van der Waals surface area contributed by atoms with Gasteiger partial charge in [-0.1, -0.05) is 44.2 Å². The maximum atomic E-state index is 12.0. The molecule has 0 radical (unpaired) electrons.